The Morgan fingerprint density at radius 3 is 2.92 bits per heavy atom. The number of nitrogens with one attached hydrogen (secondary N) is 1. The summed E-state index contributed by atoms with van der Waals surface area (Å²) in [5.41, 5.74) is 1.57. The predicted molar refractivity (Wildman–Crippen MR) is 79.9 cm³/mol. The number of hydrogen-bond acceptors (Lipinski definition) is 5. The van der Waals surface area contributed by atoms with E-state index in [1.165, 1.54) is 18.6 Å². The number of ether oxygens (including phenoxy) is 1. The molecule has 130 valence electrons. The van der Waals surface area contributed by atoms with Gasteiger partial charge in [0.1, 0.15) is 6.33 Å². The first-order chi connectivity index (χ1) is 11.9. The van der Waals surface area contributed by atoms with Crippen LogP contribution in [0.4, 0.5) is 13.2 Å². The maximum absolute atomic E-state index is 12.2. The minimum atomic E-state index is -4.44. The third-order valence-electron chi connectivity index (χ3n) is 3.19. The summed E-state index contributed by atoms with van der Waals surface area (Å²) in [5.74, 6) is -0.500. The van der Waals surface area contributed by atoms with Crippen molar-refractivity contribution in [3.8, 4) is 5.88 Å². The summed E-state index contributed by atoms with van der Waals surface area (Å²) < 4.78 is 42.6. The monoisotopic (exact) mass is 351 g/mol. The Balaban J connectivity index is 1.61. The van der Waals surface area contributed by atoms with Gasteiger partial charge in [0.15, 0.2) is 12.3 Å². The molecule has 0 radical (unpaired) electrons. The van der Waals surface area contributed by atoms with Crippen LogP contribution in [0.2, 0.25) is 0 Å². The van der Waals surface area contributed by atoms with Crippen molar-refractivity contribution in [3.05, 3.63) is 54.1 Å². The van der Waals surface area contributed by atoms with Crippen molar-refractivity contribution in [3.63, 3.8) is 0 Å². The molecular formula is C15H12F3N5O2. The average Bonchev–Trinajstić information content (AvgIpc) is 3.05. The maximum Gasteiger partial charge on any atom is 0.422 e. The minimum absolute atomic E-state index is 0.115. The molecule has 0 spiro atoms. The van der Waals surface area contributed by atoms with Crippen LogP contribution < -0.4 is 10.1 Å². The van der Waals surface area contributed by atoms with Gasteiger partial charge in [0.25, 0.3) is 5.91 Å². The van der Waals surface area contributed by atoms with E-state index in [0.29, 0.717) is 16.8 Å². The Kier molecular flexibility index (Phi) is 4.50. The van der Waals surface area contributed by atoms with Gasteiger partial charge in [0, 0.05) is 25.0 Å². The van der Waals surface area contributed by atoms with Gasteiger partial charge in [-0.1, -0.05) is 0 Å². The summed E-state index contributed by atoms with van der Waals surface area (Å²) in [4.78, 5) is 15.9. The van der Waals surface area contributed by atoms with Crippen molar-refractivity contribution in [2.45, 2.75) is 12.7 Å². The van der Waals surface area contributed by atoms with Gasteiger partial charge in [0.05, 0.1) is 5.56 Å². The molecule has 1 N–H and O–H groups in total. The van der Waals surface area contributed by atoms with E-state index < -0.39 is 12.8 Å². The Bertz CT molecular complexity index is 894. The van der Waals surface area contributed by atoms with Crippen LogP contribution >= 0.6 is 0 Å². The molecule has 3 heterocycles. The summed E-state index contributed by atoms with van der Waals surface area (Å²) in [6, 6.07) is 6.17. The molecule has 3 aromatic rings. The normalized spacial score (nSPS) is 11.5. The second-order valence-corrected chi connectivity index (χ2v) is 5.10. The molecule has 0 fully saturated rings. The van der Waals surface area contributed by atoms with Crippen LogP contribution in [-0.2, 0) is 6.54 Å². The van der Waals surface area contributed by atoms with Gasteiger partial charge in [-0.3, -0.25) is 9.20 Å². The first kappa shape index (κ1) is 16.7. The molecule has 10 heteroatoms. The minimum Gasteiger partial charge on any atom is -0.468 e. The smallest absolute Gasteiger partial charge is 0.422 e. The van der Waals surface area contributed by atoms with Gasteiger partial charge in [0.2, 0.25) is 5.88 Å². The van der Waals surface area contributed by atoms with Gasteiger partial charge < -0.3 is 10.1 Å². The van der Waals surface area contributed by atoms with Gasteiger partial charge in [-0.15, -0.1) is 10.2 Å². The molecule has 1 amide bonds. The fourth-order valence-electron chi connectivity index (χ4n) is 2.04. The molecule has 0 saturated heterocycles. The summed E-state index contributed by atoms with van der Waals surface area (Å²) in [6.45, 7) is -1.31. The van der Waals surface area contributed by atoms with Crippen molar-refractivity contribution in [1.29, 1.82) is 0 Å². The molecule has 0 bridgehead atoms. The molecule has 0 unspecified atom stereocenters. The molecule has 0 aliphatic carbocycles. The van der Waals surface area contributed by atoms with Crippen LogP contribution in [0.15, 0.2) is 43.0 Å². The molecule has 0 atom stereocenters. The summed E-state index contributed by atoms with van der Waals surface area (Å²) in [5, 5.41) is 10.2. The molecule has 25 heavy (non-hydrogen) atoms. The quantitative estimate of drug-likeness (QED) is 0.760. The summed E-state index contributed by atoms with van der Waals surface area (Å²) in [7, 11) is 0. The highest BCUT2D eigenvalue weighted by atomic mass is 19.4. The highest BCUT2D eigenvalue weighted by Crippen LogP contribution is 2.17. The summed E-state index contributed by atoms with van der Waals surface area (Å²) in [6.07, 6.45) is -0.0720. The lowest BCUT2D eigenvalue weighted by Crippen LogP contribution is -2.23. The van der Waals surface area contributed by atoms with E-state index >= 15 is 0 Å². The van der Waals surface area contributed by atoms with E-state index in [9.17, 15) is 18.0 Å². The maximum atomic E-state index is 12.2. The Labute approximate surface area is 139 Å². The van der Waals surface area contributed by atoms with E-state index in [4.69, 9.17) is 0 Å². The third kappa shape index (κ3) is 4.43. The molecule has 0 aromatic carbocycles. The van der Waals surface area contributed by atoms with E-state index in [2.05, 4.69) is 25.2 Å². The fourth-order valence-corrected chi connectivity index (χ4v) is 2.04. The Hall–Kier alpha value is -3.17. The van der Waals surface area contributed by atoms with Crippen molar-refractivity contribution < 1.29 is 22.7 Å². The highest BCUT2D eigenvalue weighted by Gasteiger charge is 2.28. The Morgan fingerprint density at radius 2 is 2.12 bits per heavy atom. The molecular weight excluding hydrogens is 339 g/mol. The van der Waals surface area contributed by atoms with E-state index in [0.717, 1.165) is 0 Å². The van der Waals surface area contributed by atoms with Crippen LogP contribution in [0.3, 0.4) is 0 Å². The zero-order valence-electron chi connectivity index (χ0n) is 12.7. The highest BCUT2D eigenvalue weighted by molar-refractivity contribution is 5.94. The molecule has 0 aliphatic heterocycles. The molecule has 0 saturated carbocycles. The first-order valence-corrected chi connectivity index (χ1v) is 7.13. The van der Waals surface area contributed by atoms with Crippen molar-refractivity contribution in [2.75, 3.05) is 6.61 Å². The number of nitrogens with zero attached hydrogens (tertiary/aromatic N) is 4. The lowest BCUT2D eigenvalue weighted by Gasteiger charge is -2.10. The van der Waals surface area contributed by atoms with E-state index in [1.807, 2.05) is 0 Å². The molecule has 3 aromatic heterocycles. The van der Waals surface area contributed by atoms with Crippen LogP contribution in [0.25, 0.3) is 5.65 Å². The predicted octanol–water partition coefficient (Wildman–Crippen LogP) is 2.00. The van der Waals surface area contributed by atoms with E-state index in [1.54, 1.807) is 28.8 Å². The third-order valence-corrected chi connectivity index (χ3v) is 3.19. The zero-order chi connectivity index (χ0) is 17.9. The topological polar surface area (TPSA) is 81.4 Å². The molecule has 3 rings (SSSR count). The number of hydrogen-bond donors (Lipinski definition) is 1. The summed E-state index contributed by atoms with van der Waals surface area (Å²) >= 11 is 0. The van der Waals surface area contributed by atoms with Crippen LogP contribution in [-0.4, -0.2) is 38.3 Å². The second-order valence-electron chi connectivity index (χ2n) is 5.10. The fraction of sp³-hybridized carbons (Fsp3) is 0.200. The number of fused-ring (bicyclic) bond motifs is 1. The van der Waals surface area contributed by atoms with Crippen molar-refractivity contribution >= 4 is 11.6 Å². The largest absolute Gasteiger partial charge is 0.468 e. The molecule has 7 nitrogen and oxygen atoms in total. The number of pyridine rings is 2. The van der Waals surface area contributed by atoms with E-state index in [-0.39, 0.29) is 18.3 Å². The zero-order valence-corrected chi connectivity index (χ0v) is 12.7. The van der Waals surface area contributed by atoms with Gasteiger partial charge in [-0.05, 0) is 23.8 Å². The van der Waals surface area contributed by atoms with Crippen molar-refractivity contribution in [1.82, 2.24) is 24.9 Å². The lowest BCUT2D eigenvalue weighted by molar-refractivity contribution is -0.154. The van der Waals surface area contributed by atoms with Crippen LogP contribution in [0, 0.1) is 0 Å². The molecule has 0 aliphatic rings. The number of aromatic nitrogens is 4. The van der Waals surface area contributed by atoms with Crippen LogP contribution in [0.5, 0.6) is 5.88 Å². The lowest BCUT2D eigenvalue weighted by atomic mass is 10.2. The number of carbonyl (C=O) groups is 1. The average molecular weight is 351 g/mol. The number of carbonyl (C=O) groups excluding carboxylic acids is 1. The van der Waals surface area contributed by atoms with Crippen LogP contribution in [0.1, 0.15) is 15.9 Å². The van der Waals surface area contributed by atoms with Gasteiger partial charge in [-0.2, -0.15) is 13.2 Å². The number of halogens is 3. The Morgan fingerprint density at radius 1 is 1.28 bits per heavy atom. The van der Waals surface area contributed by atoms with Crippen molar-refractivity contribution in [2.24, 2.45) is 0 Å². The number of rotatable bonds is 5. The SMILES string of the molecule is O=C(NCc1ccnc(OCC(F)(F)F)c1)c1ccc2nncn2c1. The van der Waals surface area contributed by atoms with Gasteiger partial charge in [-0.25, -0.2) is 4.98 Å². The standard InChI is InChI=1S/C15H12F3N5O2/c16-15(17,18)8-25-13-5-10(3-4-19-13)6-20-14(24)11-1-2-12-22-21-9-23(12)7-11/h1-5,7,9H,6,8H2,(H,20,24). The first-order valence-electron chi connectivity index (χ1n) is 7.13. The van der Waals surface area contributed by atoms with Gasteiger partial charge >= 0.3 is 6.18 Å². The number of alkyl halides is 3. The number of amides is 1. The second kappa shape index (κ2) is 6.75.